The summed E-state index contributed by atoms with van der Waals surface area (Å²) >= 11 is 0. The maximum absolute atomic E-state index is 12.3. The van der Waals surface area contributed by atoms with Crippen molar-refractivity contribution in [3.63, 3.8) is 0 Å². The number of carbonyl (C=O) groups excluding carboxylic acids is 1. The number of para-hydroxylation sites is 1. The Kier molecular flexibility index (Phi) is 5.40. The molecule has 2 aromatic rings. The van der Waals surface area contributed by atoms with Gasteiger partial charge in [0.15, 0.2) is 11.5 Å². The molecular formula is C19H22N2O4. The first-order chi connectivity index (χ1) is 12.2. The third kappa shape index (κ3) is 4.22. The molecule has 2 aromatic carbocycles. The van der Waals surface area contributed by atoms with Crippen molar-refractivity contribution >= 4 is 11.7 Å². The first kappa shape index (κ1) is 17.1. The van der Waals surface area contributed by atoms with Gasteiger partial charge in [0.1, 0.15) is 13.2 Å². The molecule has 1 heterocycles. The smallest absolute Gasteiger partial charge is 0.319 e. The van der Waals surface area contributed by atoms with Gasteiger partial charge in [0.05, 0.1) is 18.3 Å². The summed E-state index contributed by atoms with van der Waals surface area (Å²) < 4.78 is 11.1. The zero-order valence-corrected chi connectivity index (χ0v) is 14.1. The van der Waals surface area contributed by atoms with E-state index in [1.165, 1.54) is 0 Å². The molecule has 3 rings (SSSR count). The Balaban J connectivity index is 1.64. The van der Waals surface area contributed by atoms with Crippen LogP contribution in [0, 0.1) is 6.92 Å². The van der Waals surface area contributed by atoms with Crippen LogP contribution in [-0.2, 0) is 6.42 Å². The summed E-state index contributed by atoms with van der Waals surface area (Å²) in [5, 5.41) is 15.2. The third-order valence-electron chi connectivity index (χ3n) is 4.10. The number of nitrogens with one attached hydrogen (secondary N) is 2. The third-order valence-corrected chi connectivity index (χ3v) is 4.10. The summed E-state index contributed by atoms with van der Waals surface area (Å²) in [5.41, 5.74) is 2.77. The molecule has 25 heavy (non-hydrogen) atoms. The van der Waals surface area contributed by atoms with E-state index in [-0.39, 0.29) is 12.6 Å². The number of urea groups is 1. The minimum Gasteiger partial charge on any atom is -0.486 e. The highest BCUT2D eigenvalue weighted by molar-refractivity contribution is 5.91. The monoisotopic (exact) mass is 342 g/mol. The first-order valence-electron chi connectivity index (χ1n) is 8.29. The van der Waals surface area contributed by atoms with E-state index in [0.29, 0.717) is 36.8 Å². The molecule has 2 amide bonds. The van der Waals surface area contributed by atoms with E-state index in [9.17, 15) is 9.90 Å². The Morgan fingerprint density at radius 1 is 1.16 bits per heavy atom. The summed E-state index contributed by atoms with van der Waals surface area (Å²) in [7, 11) is 0. The van der Waals surface area contributed by atoms with Crippen molar-refractivity contribution in [2.75, 3.05) is 25.1 Å². The highest BCUT2D eigenvalue weighted by Gasteiger charge is 2.18. The maximum Gasteiger partial charge on any atom is 0.319 e. The molecule has 132 valence electrons. The Labute approximate surface area is 146 Å². The minimum absolute atomic E-state index is 0.145. The van der Waals surface area contributed by atoms with Gasteiger partial charge in [-0.3, -0.25) is 0 Å². The lowest BCUT2D eigenvalue weighted by atomic mass is 10.0. The van der Waals surface area contributed by atoms with Gasteiger partial charge in [-0.2, -0.15) is 0 Å². The van der Waals surface area contributed by atoms with Crippen LogP contribution < -0.4 is 20.1 Å². The lowest BCUT2D eigenvalue weighted by Crippen LogP contribution is -2.41. The van der Waals surface area contributed by atoms with Crippen molar-refractivity contribution in [1.29, 1.82) is 0 Å². The normalized spacial score (nSPS) is 13.8. The van der Waals surface area contributed by atoms with Crippen molar-refractivity contribution in [2.45, 2.75) is 19.4 Å². The minimum atomic E-state index is -0.393. The number of rotatable bonds is 5. The fourth-order valence-corrected chi connectivity index (χ4v) is 2.78. The summed E-state index contributed by atoms with van der Waals surface area (Å²) in [5.74, 6) is 1.14. The zero-order chi connectivity index (χ0) is 17.6. The fraction of sp³-hybridized carbons (Fsp3) is 0.316. The van der Waals surface area contributed by atoms with Gasteiger partial charge in [-0.25, -0.2) is 4.79 Å². The molecule has 0 fully saturated rings. The van der Waals surface area contributed by atoms with Gasteiger partial charge in [0.2, 0.25) is 0 Å². The number of fused-ring (bicyclic) bond motifs is 1. The molecule has 0 bridgehead atoms. The van der Waals surface area contributed by atoms with Crippen molar-refractivity contribution in [1.82, 2.24) is 5.32 Å². The number of ether oxygens (including phenoxy) is 2. The molecule has 3 N–H and O–H groups in total. The Hall–Kier alpha value is -2.73. The molecule has 0 aliphatic carbocycles. The second kappa shape index (κ2) is 7.90. The Morgan fingerprint density at radius 3 is 2.76 bits per heavy atom. The summed E-state index contributed by atoms with van der Waals surface area (Å²) in [6.07, 6.45) is 0.559. The number of benzene rings is 2. The average molecular weight is 342 g/mol. The van der Waals surface area contributed by atoms with E-state index < -0.39 is 6.03 Å². The van der Waals surface area contributed by atoms with Crippen LogP contribution in [0.3, 0.4) is 0 Å². The predicted molar refractivity (Wildman–Crippen MR) is 95.3 cm³/mol. The van der Waals surface area contributed by atoms with E-state index in [2.05, 4.69) is 10.6 Å². The standard InChI is InChI=1S/C19H22N2O4/c1-13-5-2-3-6-14(13)11-15(12-22)20-19(23)21-16-7-4-8-17-18(16)25-10-9-24-17/h2-8,15,22H,9-12H2,1H3,(H2,20,21,23). The second-order valence-corrected chi connectivity index (χ2v) is 5.94. The van der Waals surface area contributed by atoms with Crippen LogP contribution in [0.1, 0.15) is 11.1 Å². The highest BCUT2D eigenvalue weighted by Crippen LogP contribution is 2.37. The molecule has 1 aliphatic heterocycles. The number of carbonyl (C=O) groups is 1. The maximum atomic E-state index is 12.3. The lowest BCUT2D eigenvalue weighted by Gasteiger charge is -2.22. The van der Waals surface area contributed by atoms with Crippen LogP contribution in [0.5, 0.6) is 11.5 Å². The molecule has 0 radical (unpaired) electrons. The van der Waals surface area contributed by atoms with Crippen LogP contribution in [0.2, 0.25) is 0 Å². The largest absolute Gasteiger partial charge is 0.486 e. The quantitative estimate of drug-likeness (QED) is 0.780. The number of aliphatic hydroxyl groups is 1. The van der Waals surface area contributed by atoms with Gasteiger partial charge in [0, 0.05) is 0 Å². The second-order valence-electron chi connectivity index (χ2n) is 5.94. The number of hydrogen-bond acceptors (Lipinski definition) is 4. The molecule has 0 saturated heterocycles. The molecule has 1 unspecified atom stereocenters. The average Bonchev–Trinajstić information content (AvgIpc) is 2.63. The van der Waals surface area contributed by atoms with Crippen LogP contribution in [0.25, 0.3) is 0 Å². The van der Waals surface area contributed by atoms with E-state index in [0.717, 1.165) is 11.1 Å². The van der Waals surface area contributed by atoms with Gasteiger partial charge in [0.25, 0.3) is 0 Å². The van der Waals surface area contributed by atoms with Gasteiger partial charge >= 0.3 is 6.03 Å². The van der Waals surface area contributed by atoms with Crippen LogP contribution in [0.15, 0.2) is 42.5 Å². The summed E-state index contributed by atoms with van der Waals surface area (Å²) in [6, 6.07) is 12.5. The van der Waals surface area contributed by atoms with E-state index in [1.54, 1.807) is 18.2 Å². The zero-order valence-electron chi connectivity index (χ0n) is 14.1. The van der Waals surface area contributed by atoms with E-state index in [1.807, 2.05) is 31.2 Å². The molecule has 6 nitrogen and oxygen atoms in total. The Bertz CT molecular complexity index is 748. The lowest BCUT2D eigenvalue weighted by molar-refractivity contribution is 0.172. The van der Waals surface area contributed by atoms with Crippen molar-refractivity contribution in [3.8, 4) is 11.5 Å². The number of anilines is 1. The number of aliphatic hydroxyl groups excluding tert-OH is 1. The van der Waals surface area contributed by atoms with E-state index >= 15 is 0 Å². The number of amides is 2. The molecule has 0 saturated carbocycles. The van der Waals surface area contributed by atoms with E-state index in [4.69, 9.17) is 9.47 Å². The van der Waals surface area contributed by atoms with Gasteiger partial charge in [-0.05, 0) is 36.6 Å². The molecular weight excluding hydrogens is 320 g/mol. The van der Waals surface area contributed by atoms with Crippen molar-refractivity contribution < 1.29 is 19.4 Å². The van der Waals surface area contributed by atoms with Gasteiger partial charge in [-0.15, -0.1) is 0 Å². The van der Waals surface area contributed by atoms with Crippen LogP contribution in [0.4, 0.5) is 10.5 Å². The molecule has 0 spiro atoms. The van der Waals surface area contributed by atoms with Gasteiger partial charge in [-0.1, -0.05) is 30.3 Å². The highest BCUT2D eigenvalue weighted by atomic mass is 16.6. The van der Waals surface area contributed by atoms with Gasteiger partial charge < -0.3 is 25.2 Å². The number of aryl methyl sites for hydroxylation is 1. The molecule has 6 heteroatoms. The summed E-state index contributed by atoms with van der Waals surface area (Å²) in [6.45, 7) is 2.80. The topological polar surface area (TPSA) is 79.8 Å². The predicted octanol–water partition coefficient (Wildman–Crippen LogP) is 2.49. The molecule has 0 aromatic heterocycles. The number of hydrogen-bond donors (Lipinski definition) is 3. The first-order valence-corrected chi connectivity index (χ1v) is 8.29. The van der Waals surface area contributed by atoms with Crippen molar-refractivity contribution in [2.24, 2.45) is 0 Å². The summed E-state index contributed by atoms with van der Waals surface area (Å²) in [4.78, 5) is 12.3. The molecule has 1 aliphatic rings. The van der Waals surface area contributed by atoms with Crippen LogP contribution >= 0.6 is 0 Å². The fourth-order valence-electron chi connectivity index (χ4n) is 2.78. The van der Waals surface area contributed by atoms with Crippen molar-refractivity contribution in [3.05, 3.63) is 53.6 Å². The Morgan fingerprint density at radius 2 is 1.96 bits per heavy atom. The molecule has 1 atom stereocenters. The SMILES string of the molecule is Cc1ccccc1CC(CO)NC(=O)Nc1cccc2c1OCCO2. The van der Waals surface area contributed by atoms with Crippen LogP contribution in [-0.4, -0.2) is 37.0 Å².